The number of hydrogen-bond donors (Lipinski definition) is 1. The largest absolute Gasteiger partial charge is 0.379 e. The van der Waals surface area contributed by atoms with Crippen molar-refractivity contribution in [2.24, 2.45) is 5.73 Å². The third-order valence-corrected chi connectivity index (χ3v) is 4.52. The molecule has 2 N–H and O–H groups in total. The smallest absolute Gasteiger partial charge is 0.0611 e. The minimum atomic E-state index is 0.0902. The van der Waals surface area contributed by atoms with Crippen LogP contribution in [0.25, 0.3) is 0 Å². The van der Waals surface area contributed by atoms with Gasteiger partial charge in [0.25, 0.3) is 0 Å². The number of thioether (sulfide) groups is 1. The van der Waals surface area contributed by atoms with Crippen molar-refractivity contribution in [3.8, 4) is 0 Å². The highest BCUT2D eigenvalue weighted by molar-refractivity contribution is 9.10. The Morgan fingerprint density at radius 2 is 2.27 bits per heavy atom. The molecule has 1 aliphatic rings. The predicted molar refractivity (Wildman–Crippen MR) is 67.2 cm³/mol. The molecule has 0 spiro atoms. The summed E-state index contributed by atoms with van der Waals surface area (Å²) in [6, 6.07) is 6.42. The quantitative estimate of drug-likeness (QED) is 0.928. The average molecular weight is 288 g/mol. The minimum Gasteiger partial charge on any atom is -0.379 e. The van der Waals surface area contributed by atoms with E-state index in [0.717, 1.165) is 23.2 Å². The van der Waals surface area contributed by atoms with E-state index in [0.29, 0.717) is 5.25 Å². The van der Waals surface area contributed by atoms with Crippen LogP contribution in [0.2, 0.25) is 0 Å². The Morgan fingerprint density at radius 3 is 2.73 bits per heavy atom. The van der Waals surface area contributed by atoms with Crippen molar-refractivity contribution in [3.05, 3.63) is 28.2 Å². The summed E-state index contributed by atoms with van der Waals surface area (Å²) in [5.74, 6) is 0. The van der Waals surface area contributed by atoms with Crippen LogP contribution >= 0.6 is 27.7 Å². The highest BCUT2D eigenvalue weighted by Crippen LogP contribution is 2.34. The first-order valence-electron chi connectivity index (χ1n) is 4.96. The van der Waals surface area contributed by atoms with Gasteiger partial charge in [-0.15, -0.1) is 11.8 Å². The zero-order chi connectivity index (χ0) is 10.8. The molecule has 2 nitrogen and oxygen atoms in total. The van der Waals surface area contributed by atoms with Crippen molar-refractivity contribution in [3.63, 3.8) is 0 Å². The van der Waals surface area contributed by atoms with E-state index >= 15 is 0 Å². The van der Waals surface area contributed by atoms with Gasteiger partial charge >= 0.3 is 0 Å². The molecule has 1 fully saturated rings. The first-order valence-corrected chi connectivity index (χ1v) is 6.63. The van der Waals surface area contributed by atoms with Gasteiger partial charge in [0.1, 0.15) is 0 Å². The van der Waals surface area contributed by atoms with Crippen LogP contribution in [-0.4, -0.2) is 18.5 Å². The zero-order valence-corrected chi connectivity index (χ0v) is 11.0. The maximum absolute atomic E-state index is 5.82. The number of hydrogen-bond acceptors (Lipinski definition) is 3. The van der Waals surface area contributed by atoms with Crippen LogP contribution in [0, 0.1) is 0 Å². The Balaban J connectivity index is 2.11. The molecule has 0 aromatic heterocycles. The van der Waals surface area contributed by atoms with E-state index in [1.165, 1.54) is 4.90 Å². The molecule has 1 unspecified atom stereocenters. The summed E-state index contributed by atoms with van der Waals surface area (Å²) < 4.78 is 6.29. The molecule has 4 heteroatoms. The molecule has 1 atom stereocenters. The first-order chi connectivity index (χ1) is 7.16. The molecule has 2 rings (SSSR count). The average Bonchev–Trinajstić information content (AvgIpc) is 2.12. The fourth-order valence-electron chi connectivity index (χ4n) is 1.36. The molecular formula is C11H14BrNOS. The molecule has 0 saturated carbocycles. The molecule has 0 aliphatic carbocycles. The second-order valence-electron chi connectivity index (χ2n) is 3.76. The van der Waals surface area contributed by atoms with E-state index in [1.54, 1.807) is 0 Å². The van der Waals surface area contributed by atoms with Gasteiger partial charge in [0.05, 0.1) is 18.5 Å². The maximum atomic E-state index is 5.82. The van der Waals surface area contributed by atoms with Gasteiger partial charge in [0, 0.05) is 15.4 Å². The van der Waals surface area contributed by atoms with E-state index in [9.17, 15) is 0 Å². The summed E-state index contributed by atoms with van der Waals surface area (Å²) in [5.41, 5.74) is 6.99. The highest BCUT2D eigenvalue weighted by atomic mass is 79.9. The third-order valence-electron chi connectivity index (χ3n) is 2.38. The van der Waals surface area contributed by atoms with Gasteiger partial charge in [-0.1, -0.05) is 6.07 Å². The lowest BCUT2D eigenvalue weighted by atomic mass is 10.1. The van der Waals surface area contributed by atoms with E-state index in [4.69, 9.17) is 10.5 Å². The van der Waals surface area contributed by atoms with E-state index in [-0.39, 0.29) is 6.04 Å². The number of nitrogens with two attached hydrogens (primary N) is 1. The van der Waals surface area contributed by atoms with Crippen LogP contribution in [0.1, 0.15) is 18.5 Å². The van der Waals surface area contributed by atoms with E-state index in [1.807, 2.05) is 18.7 Å². The second-order valence-corrected chi connectivity index (χ2v) is 5.95. The van der Waals surface area contributed by atoms with Gasteiger partial charge in [-0.25, -0.2) is 0 Å². The normalized spacial score (nSPS) is 18.6. The van der Waals surface area contributed by atoms with E-state index in [2.05, 4.69) is 34.1 Å². The van der Waals surface area contributed by atoms with Crippen molar-refractivity contribution in [2.75, 3.05) is 13.2 Å². The topological polar surface area (TPSA) is 35.2 Å². The lowest BCUT2D eigenvalue weighted by Gasteiger charge is -2.25. The number of rotatable bonds is 3. The summed E-state index contributed by atoms with van der Waals surface area (Å²) in [6.45, 7) is 3.73. The van der Waals surface area contributed by atoms with Crippen LogP contribution in [0.3, 0.4) is 0 Å². The van der Waals surface area contributed by atoms with Gasteiger partial charge in [-0.3, -0.25) is 0 Å². The molecule has 0 radical (unpaired) electrons. The summed E-state index contributed by atoms with van der Waals surface area (Å²) in [5, 5.41) is 0.613. The fourth-order valence-corrected chi connectivity index (χ4v) is 3.04. The Bertz CT molecular complexity index is 352. The molecule has 1 heterocycles. The Kier molecular flexibility index (Phi) is 3.72. The highest BCUT2D eigenvalue weighted by Gasteiger charge is 2.20. The summed E-state index contributed by atoms with van der Waals surface area (Å²) in [7, 11) is 0. The van der Waals surface area contributed by atoms with Gasteiger partial charge in [0.2, 0.25) is 0 Å². The molecule has 0 bridgehead atoms. The summed E-state index contributed by atoms with van der Waals surface area (Å²) >= 11 is 5.44. The van der Waals surface area contributed by atoms with Gasteiger partial charge in [0.15, 0.2) is 0 Å². The van der Waals surface area contributed by atoms with Crippen LogP contribution in [0.4, 0.5) is 0 Å². The van der Waals surface area contributed by atoms with Crippen LogP contribution in [0.15, 0.2) is 27.6 Å². The Labute approximate surface area is 103 Å². The molecular weight excluding hydrogens is 274 g/mol. The van der Waals surface area contributed by atoms with Crippen molar-refractivity contribution in [2.45, 2.75) is 23.1 Å². The number of halogens is 1. The number of benzene rings is 1. The maximum Gasteiger partial charge on any atom is 0.0611 e. The van der Waals surface area contributed by atoms with Crippen molar-refractivity contribution in [1.82, 2.24) is 0 Å². The molecule has 1 saturated heterocycles. The molecule has 15 heavy (non-hydrogen) atoms. The van der Waals surface area contributed by atoms with Crippen LogP contribution in [-0.2, 0) is 4.74 Å². The monoisotopic (exact) mass is 287 g/mol. The first kappa shape index (κ1) is 11.5. The SMILES string of the molecule is CC(N)c1ccc(SC2COC2)c(Br)c1. The fraction of sp³-hybridized carbons (Fsp3) is 0.455. The molecule has 82 valence electrons. The Hall–Kier alpha value is -0.0300. The molecule has 1 aliphatic heterocycles. The molecule has 1 aromatic carbocycles. The van der Waals surface area contributed by atoms with Gasteiger partial charge < -0.3 is 10.5 Å². The third kappa shape index (κ3) is 2.75. The number of ether oxygens (including phenoxy) is 1. The summed E-state index contributed by atoms with van der Waals surface area (Å²) in [6.07, 6.45) is 0. The minimum absolute atomic E-state index is 0.0902. The Morgan fingerprint density at radius 1 is 1.53 bits per heavy atom. The molecule has 1 aromatic rings. The zero-order valence-electron chi connectivity index (χ0n) is 8.57. The predicted octanol–water partition coefficient (Wildman–Crippen LogP) is 2.96. The van der Waals surface area contributed by atoms with Crippen LogP contribution in [0.5, 0.6) is 0 Å². The lowest BCUT2D eigenvalue weighted by molar-refractivity contribution is 0.0455. The second kappa shape index (κ2) is 4.87. The standard InChI is InChI=1S/C11H14BrNOS/c1-7(13)8-2-3-11(10(12)4-8)15-9-5-14-6-9/h2-4,7,9H,5-6,13H2,1H3. The van der Waals surface area contributed by atoms with Gasteiger partial charge in [-0.05, 0) is 40.5 Å². The van der Waals surface area contributed by atoms with Crippen LogP contribution < -0.4 is 5.73 Å². The van der Waals surface area contributed by atoms with Crippen molar-refractivity contribution >= 4 is 27.7 Å². The van der Waals surface area contributed by atoms with E-state index < -0.39 is 0 Å². The lowest BCUT2D eigenvalue weighted by Crippen LogP contribution is -2.30. The van der Waals surface area contributed by atoms with Crippen molar-refractivity contribution < 1.29 is 4.74 Å². The molecule has 0 amide bonds. The van der Waals surface area contributed by atoms with Crippen molar-refractivity contribution in [1.29, 1.82) is 0 Å². The summed E-state index contributed by atoms with van der Waals surface area (Å²) in [4.78, 5) is 1.27. The van der Waals surface area contributed by atoms with Gasteiger partial charge in [-0.2, -0.15) is 0 Å².